The van der Waals surface area contributed by atoms with Gasteiger partial charge in [0.2, 0.25) is 10.0 Å². The molecule has 1 aliphatic heterocycles. The van der Waals surface area contributed by atoms with E-state index in [9.17, 15) is 13.2 Å². The first-order valence-corrected chi connectivity index (χ1v) is 12.5. The van der Waals surface area contributed by atoms with E-state index in [-0.39, 0.29) is 10.8 Å². The van der Waals surface area contributed by atoms with Gasteiger partial charge >= 0.3 is 0 Å². The van der Waals surface area contributed by atoms with Crippen LogP contribution in [0.4, 0.5) is 5.82 Å². The highest BCUT2D eigenvalue weighted by atomic mass is 32.2. The zero-order valence-electron chi connectivity index (χ0n) is 18.9. The lowest BCUT2D eigenvalue weighted by molar-refractivity contribution is 0.0952. The van der Waals surface area contributed by atoms with Crippen molar-refractivity contribution < 1.29 is 13.2 Å². The molecule has 1 amide bonds. The summed E-state index contributed by atoms with van der Waals surface area (Å²) in [4.78, 5) is 23.9. The number of hydrogen-bond acceptors (Lipinski definition) is 7. The van der Waals surface area contributed by atoms with E-state index in [0.717, 1.165) is 47.1 Å². The summed E-state index contributed by atoms with van der Waals surface area (Å²) in [6.07, 6.45) is 8.18. The molecule has 33 heavy (non-hydrogen) atoms. The monoisotopic (exact) mass is 471 g/mol. The minimum Gasteiger partial charge on any atom is -0.356 e. The summed E-state index contributed by atoms with van der Waals surface area (Å²) >= 11 is 0. The van der Waals surface area contributed by atoms with E-state index in [1.807, 2.05) is 0 Å². The van der Waals surface area contributed by atoms with Crippen LogP contribution in [0.1, 0.15) is 36.0 Å². The molecule has 3 aromatic rings. The van der Waals surface area contributed by atoms with E-state index < -0.39 is 10.0 Å². The fraction of sp³-hybridized carbons (Fsp3) is 0.455. The van der Waals surface area contributed by atoms with Crippen molar-refractivity contribution in [3.63, 3.8) is 0 Å². The van der Waals surface area contributed by atoms with Crippen molar-refractivity contribution in [2.75, 3.05) is 38.6 Å². The second-order valence-electron chi connectivity index (χ2n) is 8.27. The van der Waals surface area contributed by atoms with Crippen LogP contribution in [0.3, 0.4) is 0 Å². The maximum Gasteiger partial charge on any atom is 0.251 e. The average Bonchev–Trinajstić information content (AvgIpc) is 3.03. The average molecular weight is 472 g/mol. The molecular weight excluding hydrogens is 442 g/mol. The number of carbonyl (C=O) groups excluding carboxylic acids is 1. The standard InChI is InChI=1S/C22H29N7O3S/c1-27(2)33(31,32)18-9-7-17(8-10-18)22(30)23-11-14-29-21-19(15-26-29)20(24-16-25-21)28-12-5-3-4-6-13-28/h7-10,15-16H,3-6,11-14H2,1-2H3,(H,23,30). The Morgan fingerprint density at radius 1 is 1.06 bits per heavy atom. The van der Waals surface area contributed by atoms with E-state index in [1.54, 1.807) is 17.2 Å². The van der Waals surface area contributed by atoms with Gasteiger partial charge in [0, 0.05) is 39.3 Å². The summed E-state index contributed by atoms with van der Waals surface area (Å²) in [5.41, 5.74) is 1.14. The molecule has 1 aromatic carbocycles. The van der Waals surface area contributed by atoms with Gasteiger partial charge in [-0.2, -0.15) is 5.10 Å². The molecule has 3 heterocycles. The molecule has 2 aromatic heterocycles. The van der Waals surface area contributed by atoms with Crippen molar-refractivity contribution in [1.82, 2.24) is 29.4 Å². The number of sulfonamides is 1. The molecule has 0 spiro atoms. The molecule has 0 bridgehead atoms. The lowest BCUT2D eigenvalue weighted by atomic mass is 10.2. The van der Waals surface area contributed by atoms with Crippen molar-refractivity contribution in [2.45, 2.75) is 37.1 Å². The third-order valence-electron chi connectivity index (χ3n) is 5.82. The Bertz CT molecular complexity index is 1210. The van der Waals surface area contributed by atoms with Crippen LogP contribution >= 0.6 is 0 Å². The Balaban J connectivity index is 1.40. The highest BCUT2D eigenvalue weighted by molar-refractivity contribution is 7.89. The molecule has 1 saturated heterocycles. The number of nitrogens with one attached hydrogen (secondary N) is 1. The Hall–Kier alpha value is -3.05. The summed E-state index contributed by atoms with van der Waals surface area (Å²) in [6.45, 7) is 2.79. The van der Waals surface area contributed by atoms with Gasteiger partial charge in [-0.3, -0.25) is 4.79 Å². The van der Waals surface area contributed by atoms with E-state index in [1.165, 1.54) is 51.2 Å². The molecule has 0 atom stereocenters. The van der Waals surface area contributed by atoms with E-state index >= 15 is 0 Å². The third kappa shape index (κ3) is 4.98. The SMILES string of the molecule is CN(C)S(=O)(=O)c1ccc(C(=O)NCCn2ncc3c(N4CCCCCC4)ncnc32)cc1. The first kappa shape index (κ1) is 23.1. The zero-order chi connectivity index (χ0) is 23.4. The molecule has 1 fully saturated rings. The van der Waals surface area contributed by atoms with Crippen LogP contribution in [0.25, 0.3) is 11.0 Å². The van der Waals surface area contributed by atoms with Gasteiger partial charge in [0.05, 0.1) is 23.0 Å². The maximum atomic E-state index is 12.5. The van der Waals surface area contributed by atoms with Gasteiger partial charge in [-0.25, -0.2) is 27.4 Å². The third-order valence-corrected chi connectivity index (χ3v) is 7.65. The fourth-order valence-corrected chi connectivity index (χ4v) is 4.85. The van der Waals surface area contributed by atoms with E-state index in [4.69, 9.17) is 0 Å². The fourth-order valence-electron chi connectivity index (χ4n) is 3.95. The highest BCUT2D eigenvalue weighted by Crippen LogP contribution is 2.25. The molecule has 0 unspecified atom stereocenters. The van der Waals surface area contributed by atoms with Crippen molar-refractivity contribution in [3.05, 3.63) is 42.4 Å². The van der Waals surface area contributed by atoms with Crippen LogP contribution in [0.15, 0.2) is 41.7 Å². The predicted molar refractivity (Wildman–Crippen MR) is 126 cm³/mol. The quantitative estimate of drug-likeness (QED) is 0.560. The van der Waals surface area contributed by atoms with Gasteiger partial charge in [0.25, 0.3) is 5.91 Å². The van der Waals surface area contributed by atoms with Gasteiger partial charge in [0.1, 0.15) is 12.1 Å². The molecule has 1 aliphatic rings. The van der Waals surface area contributed by atoms with Crippen molar-refractivity contribution >= 4 is 32.8 Å². The number of benzene rings is 1. The molecular formula is C22H29N7O3S. The summed E-state index contributed by atoms with van der Waals surface area (Å²) in [5.74, 6) is 0.644. The molecule has 176 valence electrons. The van der Waals surface area contributed by atoms with Crippen molar-refractivity contribution in [2.24, 2.45) is 0 Å². The Morgan fingerprint density at radius 2 is 1.76 bits per heavy atom. The van der Waals surface area contributed by atoms with Crippen LogP contribution < -0.4 is 10.2 Å². The predicted octanol–water partition coefficient (Wildman–Crippen LogP) is 1.89. The molecule has 0 aliphatic carbocycles. The lowest BCUT2D eigenvalue weighted by Gasteiger charge is -2.21. The number of rotatable bonds is 7. The summed E-state index contributed by atoms with van der Waals surface area (Å²) in [5, 5.41) is 8.24. The van der Waals surface area contributed by atoms with Gasteiger partial charge in [-0.1, -0.05) is 12.8 Å². The van der Waals surface area contributed by atoms with Crippen LogP contribution in [-0.4, -0.2) is 72.1 Å². The molecule has 10 nitrogen and oxygen atoms in total. The highest BCUT2D eigenvalue weighted by Gasteiger charge is 2.19. The first-order chi connectivity index (χ1) is 15.9. The number of nitrogens with zero attached hydrogens (tertiary/aromatic N) is 6. The molecule has 0 radical (unpaired) electrons. The van der Waals surface area contributed by atoms with E-state index in [2.05, 4.69) is 25.3 Å². The van der Waals surface area contributed by atoms with Gasteiger partial charge in [-0.05, 0) is 37.1 Å². The minimum atomic E-state index is -3.53. The molecule has 1 N–H and O–H groups in total. The van der Waals surface area contributed by atoms with Crippen molar-refractivity contribution in [1.29, 1.82) is 0 Å². The number of anilines is 1. The van der Waals surface area contributed by atoms with Crippen LogP contribution in [0.5, 0.6) is 0 Å². The lowest BCUT2D eigenvalue weighted by Crippen LogP contribution is -2.28. The topological polar surface area (TPSA) is 113 Å². The van der Waals surface area contributed by atoms with Crippen molar-refractivity contribution in [3.8, 4) is 0 Å². The number of carbonyl (C=O) groups is 1. The van der Waals surface area contributed by atoms with Gasteiger partial charge in [0.15, 0.2) is 5.65 Å². The van der Waals surface area contributed by atoms with Crippen LogP contribution in [0, 0.1) is 0 Å². The number of aromatic nitrogens is 4. The van der Waals surface area contributed by atoms with Crippen LogP contribution in [0.2, 0.25) is 0 Å². The second-order valence-corrected chi connectivity index (χ2v) is 10.4. The first-order valence-electron chi connectivity index (χ1n) is 11.1. The smallest absolute Gasteiger partial charge is 0.251 e. The molecule has 0 saturated carbocycles. The normalized spacial score (nSPS) is 15.1. The largest absolute Gasteiger partial charge is 0.356 e. The second kappa shape index (κ2) is 9.84. The summed E-state index contributed by atoms with van der Waals surface area (Å²) in [7, 11) is -0.588. The maximum absolute atomic E-state index is 12.5. The number of amides is 1. The zero-order valence-corrected chi connectivity index (χ0v) is 19.8. The van der Waals surface area contributed by atoms with Crippen LogP contribution in [-0.2, 0) is 16.6 Å². The molecule has 11 heteroatoms. The van der Waals surface area contributed by atoms with Gasteiger partial charge < -0.3 is 10.2 Å². The van der Waals surface area contributed by atoms with Gasteiger partial charge in [-0.15, -0.1) is 0 Å². The minimum absolute atomic E-state index is 0.145. The number of fused-ring (bicyclic) bond motifs is 1. The Kier molecular flexibility index (Phi) is 6.89. The Labute approximate surface area is 193 Å². The summed E-state index contributed by atoms with van der Waals surface area (Å²) < 4.78 is 27.2. The number of hydrogen-bond donors (Lipinski definition) is 1. The Morgan fingerprint density at radius 3 is 2.42 bits per heavy atom. The molecule has 4 rings (SSSR count). The van der Waals surface area contributed by atoms with E-state index in [0.29, 0.717) is 18.7 Å². The summed E-state index contributed by atoms with van der Waals surface area (Å²) in [6, 6.07) is 5.89.